The Morgan fingerprint density at radius 3 is 2.12 bits per heavy atom. The van der Waals surface area contributed by atoms with Crippen molar-refractivity contribution in [2.75, 3.05) is 0 Å². The fourth-order valence-electron chi connectivity index (χ4n) is 1.65. The van der Waals surface area contributed by atoms with E-state index in [9.17, 15) is 9.13 Å². The summed E-state index contributed by atoms with van der Waals surface area (Å²) in [5.41, 5.74) is 5.97. The quantitative estimate of drug-likeness (QED) is 0.217. The van der Waals surface area contributed by atoms with Crippen LogP contribution in [0.25, 0.3) is 0 Å². The minimum atomic E-state index is -5.10. The van der Waals surface area contributed by atoms with E-state index in [-0.39, 0.29) is 0 Å². The van der Waals surface area contributed by atoms with Gasteiger partial charge in [-0.15, -0.1) is 0 Å². The zero-order valence-corrected chi connectivity index (χ0v) is 16.2. The smallest absolute Gasteiger partial charge is 0.403 e. The van der Waals surface area contributed by atoms with E-state index in [4.69, 9.17) is 14.7 Å². The Balaban J connectivity index is 4.38. The highest BCUT2D eigenvalue weighted by Gasteiger charge is 2.32. The second-order valence-electron chi connectivity index (χ2n) is 5.60. The van der Waals surface area contributed by atoms with Crippen molar-refractivity contribution < 1.29 is 32.6 Å². The third-order valence-electron chi connectivity index (χ3n) is 2.80. The van der Waals surface area contributed by atoms with Gasteiger partial charge >= 0.3 is 15.6 Å². The summed E-state index contributed by atoms with van der Waals surface area (Å²) in [6.07, 6.45) is 8.57. The molecule has 0 amide bonds. The second kappa shape index (κ2) is 10.9. The van der Waals surface area contributed by atoms with Crippen molar-refractivity contribution in [3.63, 3.8) is 0 Å². The van der Waals surface area contributed by atoms with Crippen LogP contribution in [0.1, 0.15) is 53.4 Å². The molecule has 0 aromatic carbocycles. The van der Waals surface area contributed by atoms with Gasteiger partial charge in [0.15, 0.2) is 0 Å². The first-order chi connectivity index (χ1) is 10.9. The van der Waals surface area contributed by atoms with Crippen molar-refractivity contribution >= 4 is 15.6 Å². The van der Waals surface area contributed by atoms with E-state index in [1.807, 2.05) is 0 Å². The molecule has 0 aliphatic rings. The minimum absolute atomic E-state index is 0.676. The Labute approximate surface area is 143 Å². The number of hydrogen-bond acceptors (Lipinski definition) is 4. The Morgan fingerprint density at radius 2 is 1.58 bits per heavy atom. The fourth-order valence-corrected chi connectivity index (χ4v) is 3.06. The second-order valence-corrected chi connectivity index (χ2v) is 8.38. The first-order valence-electron chi connectivity index (χ1n) is 7.39. The molecule has 24 heavy (non-hydrogen) atoms. The Kier molecular flexibility index (Phi) is 10.5. The average molecular weight is 380 g/mol. The Hall–Kier alpha value is -0.900. The van der Waals surface area contributed by atoms with Crippen molar-refractivity contribution in [2.45, 2.75) is 53.4 Å². The summed E-state index contributed by atoms with van der Waals surface area (Å²) < 4.78 is 29.6. The van der Waals surface area contributed by atoms with Crippen molar-refractivity contribution in [1.29, 1.82) is 0 Å². The molecule has 7 nitrogen and oxygen atoms in total. The first-order valence-corrected chi connectivity index (χ1v) is 10.4. The molecule has 0 saturated heterocycles. The largest absolute Gasteiger partial charge is 0.536 e. The van der Waals surface area contributed by atoms with Crippen LogP contribution in [0.3, 0.4) is 0 Å². The zero-order valence-electron chi connectivity index (χ0n) is 14.4. The molecule has 3 N–H and O–H groups in total. The Morgan fingerprint density at radius 1 is 1.00 bits per heavy atom. The van der Waals surface area contributed by atoms with E-state index in [1.165, 1.54) is 11.1 Å². The number of rotatable bonds is 10. The van der Waals surface area contributed by atoms with E-state index < -0.39 is 15.6 Å². The highest BCUT2D eigenvalue weighted by Crippen LogP contribution is 2.57. The predicted octanol–water partition coefficient (Wildman–Crippen LogP) is 4.74. The molecule has 1 unspecified atom stereocenters. The molecular formula is C15H26O7P2. The van der Waals surface area contributed by atoms with Gasteiger partial charge in [-0.05, 0) is 59.0 Å². The van der Waals surface area contributed by atoms with Crippen LogP contribution >= 0.6 is 15.6 Å². The molecule has 0 aromatic heterocycles. The fraction of sp³-hybridized carbons (Fsp3) is 0.533. The lowest BCUT2D eigenvalue weighted by molar-refractivity contribution is 0.217. The van der Waals surface area contributed by atoms with Crippen molar-refractivity contribution in [2.24, 2.45) is 0 Å². The maximum atomic E-state index is 11.2. The molecular weight excluding hydrogens is 354 g/mol. The van der Waals surface area contributed by atoms with Gasteiger partial charge < -0.3 is 14.3 Å². The summed E-state index contributed by atoms with van der Waals surface area (Å²) in [6.45, 7) is 7.96. The van der Waals surface area contributed by atoms with Gasteiger partial charge in [0.2, 0.25) is 0 Å². The van der Waals surface area contributed by atoms with Crippen LogP contribution in [0, 0.1) is 0 Å². The summed E-state index contributed by atoms with van der Waals surface area (Å²) in [7, 11) is -9.94. The number of phosphoric acid groups is 2. The van der Waals surface area contributed by atoms with E-state index in [1.54, 1.807) is 6.92 Å². The van der Waals surface area contributed by atoms with Gasteiger partial charge in [-0.25, -0.2) is 9.13 Å². The monoisotopic (exact) mass is 380 g/mol. The van der Waals surface area contributed by atoms with Gasteiger partial charge in [0, 0.05) is 0 Å². The zero-order chi connectivity index (χ0) is 18.8. The van der Waals surface area contributed by atoms with Crippen LogP contribution < -0.4 is 0 Å². The first kappa shape index (κ1) is 23.1. The van der Waals surface area contributed by atoms with Gasteiger partial charge in [0.05, 0.1) is 0 Å². The summed E-state index contributed by atoms with van der Waals surface area (Å²) in [5.74, 6) is 0. The lowest BCUT2D eigenvalue weighted by Crippen LogP contribution is -1.88. The van der Waals surface area contributed by atoms with Crippen LogP contribution in [0.4, 0.5) is 0 Å². The van der Waals surface area contributed by atoms with E-state index in [0.717, 1.165) is 31.1 Å². The van der Waals surface area contributed by atoms with Crippen LogP contribution in [0.15, 0.2) is 40.9 Å². The SMILES string of the molecule is CC(=C=COP(=O)(O)OP(=O)(O)O)CCC=C(C)CCC=C(C)C. The van der Waals surface area contributed by atoms with E-state index in [2.05, 4.69) is 47.5 Å². The summed E-state index contributed by atoms with van der Waals surface area (Å²) in [6, 6.07) is 0. The Bertz CT molecular complexity index is 618. The average Bonchev–Trinajstić information content (AvgIpc) is 2.34. The van der Waals surface area contributed by atoms with Crippen molar-refractivity contribution in [3.05, 3.63) is 40.9 Å². The van der Waals surface area contributed by atoms with E-state index in [0.29, 0.717) is 6.42 Å². The van der Waals surface area contributed by atoms with Gasteiger partial charge in [0.25, 0.3) is 0 Å². The summed E-state index contributed by atoms with van der Waals surface area (Å²) in [5, 5.41) is 0. The van der Waals surface area contributed by atoms with Gasteiger partial charge in [-0.3, -0.25) is 4.89 Å². The summed E-state index contributed by atoms with van der Waals surface area (Å²) in [4.78, 5) is 26.0. The molecule has 0 bridgehead atoms. The van der Waals surface area contributed by atoms with Crippen LogP contribution in [0.5, 0.6) is 0 Å². The molecule has 0 heterocycles. The van der Waals surface area contributed by atoms with Crippen molar-refractivity contribution in [1.82, 2.24) is 0 Å². The van der Waals surface area contributed by atoms with Crippen LogP contribution in [-0.4, -0.2) is 14.7 Å². The minimum Gasteiger partial charge on any atom is -0.403 e. The molecule has 0 aromatic rings. The molecule has 0 rings (SSSR count). The highest BCUT2D eigenvalue weighted by atomic mass is 31.3. The standard InChI is InChI=1S/C15H26O7P2/c1-13(2)7-5-8-14(3)9-6-10-15(4)11-12-21-24(19,20)22-23(16,17)18/h7,9,12H,5-6,8,10H2,1-4H3,(H,19,20)(H2,16,17,18). The molecule has 0 aliphatic heterocycles. The lowest BCUT2D eigenvalue weighted by Gasteiger charge is -2.09. The van der Waals surface area contributed by atoms with Gasteiger partial charge in [-0.2, -0.15) is 4.31 Å². The van der Waals surface area contributed by atoms with E-state index >= 15 is 0 Å². The number of hydrogen-bond donors (Lipinski definition) is 3. The van der Waals surface area contributed by atoms with Crippen LogP contribution in [-0.2, 0) is 18.0 Å². The number of phosphoric ester groups is 1. The molecule has 1 atom stereocenters. The maximum Gasteiger partial charge on any atom is 0.536 e. The molecule has 0 spiro atoms. The van der Waals surface area contributed by atoms with Crippen molar-refractivity contribution in [3.8, 4) is 0 Å². The molecule has 0 fully saturated rings. The maximum absolute atomic E-state index is 11.2. The summed E-state index contributed by atoms with van der Waals surface area (Å²) >= 11 is 0. The van der Waals surface area contributed by atoms with Gasteiger partial charge in [-0.1, -0.05) is 29.0 Å². The molecule has 0 aliphatic carbocycles. The highest BCUT2D eigenvalue weighted by molar-refractivity contribution is 7.60. The predicted molar refractivity (Wildman–Crippen MR) is 93.0 cm³/mol. The molecule has 9 heteroatoms. The molecule has 0 saturated carbocycles. The van der Waals surface area contributed by atoms with Gasteiger partial charge in [0.1, 0.15) is 6.26 Å². The lowest BCUT2D eigenvalue weighted by atomic mass is 10.1. The normalized spacial score (nSPS) is 14.4. The molecule has 138 valence electrons. The number of allylic oxidation sites excluding steroid dienone is 5. The molecule has 0 radical (unpaired) electrons. The topological polar surface area (TPSA) is 113 Å². The third kappa shape index (κ3) is 14.7. The third-order valence-corrected chi connectivity index (χ3v) is 4.85. The van der Waals surface area contributed by atoms with Crippen LogP contribution in [0.2, 0.25) is 0 Å².